The topological polar surface area (TPSA) is 26.0 Å². The Hall–Kier alpha value is -0.0400. The lowest BCUT2D eigenvalue weighted by atomic mass is 9.75. The van der Waals surface area contributed by atoms with Crippen LogP contribution < -0.4 is 5.73 Å². The van der Waals surface area contributed by atoms with Gasteiger partial charge in [-0.05, 0) is 48.9 Å². The molecule has 1 aliphatic carbocycles. The molecule has 2 N–H and O–H groups in total. The van der Waals surface area contributed by atoms with Gasteiger partial charge in [0, 0.05) is 6.04 Å². The predicted molar refractivity (Wildman–Crippen MR) is 77.0 cm³/mol. The van der Waals surface area contributed by atoms with Gasteiger partial charge in [0.25, 0.3) is 0 Å². The zero-order chi connectivity index (χ0) is 13.1. The van der Waals surface area contributed by atoms with Gasteiger partial charge in [-0.3, -0.25) is 0 Å². The van der Waals surface area contributed by atoms with Crippen LogP contribution in [0.4, 0.5) is 0 Å². The van der Waals surface area contributed by atoms with E-state index in [1.165, 1.54) is 38.5 Å². The molecule has 1 nitrogen and oxygen atoms in total. The highest BCUT2D eigenvalue weighted by Gasteiger charge is 2.25. The van der Waals surface area contributed by atoms with Crippen molar-refractivity contribution in [3.8, 4) is 0 Å². The second-order valence-electron chi connectivity index (χ2n) is 7.79. The Morgan fingerprint density at radius 2 is 1.65 bits per heavy atom. The van der Waals surface area contributed by atoms with Gasteiger partial charge >= 0.3 is 0 Å². The lowest BCUT2D eigenvalue weighted by Gasteiger charge is -2.33. The van der Waals surface area contributed by atoms with Crippen molar-refractivity contribution in [2.75, 3.05) is 0 Å². The van der Waals surface area contributed by atoms with Crippen LogP contribution in [0.15, 0.2) is 0 Å². The largest absolute Gasteiger partial charge is 0.327 e. The molecular formula is C16H33N. The summed E-state index contributed by atoms with van der Waals surface area (Å²) in [6, 6.07) is 0.444. The summed E-state index contributed by atoms with van der Waals surface area (Å²) in [6.45, 7) is 11.7. The van der Waals surface area contributed by atoms with Gasteiger partial charge in [-0.15, -0.1) is 0 Å². The van der Waals surface area contributed by atoms with Crippen molar-refractivity contribution in [2.45, 2.75) is 79.2 Å². The molecule has 1 rings (SSSR count). The standard InChI is InChI=1S/C16H33N/c1-12-6-8-14(9-7-12)15(17)10-13(2)11-16(3,4)5/h12-15H,6-11,17H2,1-5H3. The minimum atomic E-state index is 0.444. The number of hydrogen-bond donors (Lipinski definition) is 1. The van der Waals surface area contributed by atoms with Crippen LogP contribution >= 0.6 is 0 Å². The van der Waals surface area contributed by atoms with Crippen molar-refractivity contribution in [2.24, 2.45) is 28.9 Å². The van der Waals surface area contributed by atoms with E-state index in [0.29, 0.717) is 11.5 Å². The minimum Gasteiger partial charge on any atom is -0.327 e. The van der Waals surface area contributed by atoms with E-state index in [1.807, 2.05) is 0 Å². The van der Waals surface area contributed by atoms with Crippen LogP contribution in [0.2, 0.25) is 0 Å². The Kier molecular flexibility index (Phi) is 5.50. The first-order valence-electron chi connectivity index (χ1n) is 7.53. The van der Waals surface area contributed by atoms with Gasteiger partial charge in [0.1, 0.15) is 0 Å². The second-order valence-corrected chi connectivity index (χ2v) is 7.79. The maximum atomic E-state index is 6.41. The maximum Gasteiger partial charge on any atom is 0.00697 e. The van der Waals surface area contributed by atoms with E-state index in [2.05, 4.69) is 34.6 Å². The van der Waals surface area contributed by atoms with Crippen LogP contribution in [0, 0.1) is 23.2 Å². The lowest BCUT2D eigenvalue weighted by Crippen LogP contribution is -2.34. The Bertz CT molecular complexity index is 208. The fourth-order valence-electron chi connectivity index (χ4n) is 3.50. The van der Waals surface area contributed by atoms with E-state index >= 15 is 0 Å². The van der Waals surface area contributed by atoms with Crippen molar-refractivity contribution >= 4 is 0 Å². The Balaban J connectivity index is 2.31. The van der Waals surface area contributed by atoms with Crippen LogP contribution in [0.3, 0.4) is 0 Å². The number of hydrogen-bond acceptors (Lipinski definition) is 1. The van der Waals surface area contributed by atoms with Crippen LogP contribution in [-0.2, 0) is 0 Å². The van der Waals surface area contributed by atoms with Gasteiger partial charge in [0.15, 0.2) is 0 Å². The molecular weight excluding hydrogens is 206 g/mol. The lowest BCUT2D eigenvalue weighted by molar-refractivity contribution is 0.215. The molecule has 1 heteroatoms. The van der Waals surface area contributed by atoms with E-state index in [1.54, 1.807) is 0 Å². The summed E-state index contributed by atoms with van der Waals surface area (Å²) in [5, 5.41) is 0. The second kappa shape index (κ2) is 6.22. The first-order valence-corrected chi connectivity index (χ1v) is 7.53. The van der Waals surface area contributed by atoms with E-state index < -0.39 is 0 Å². The summed E-state index contributed by atoms with van der Waals surface area (Å²) in [4.78, 5) is 0. The van der Waals surface area contributed by atoms with Gasteiger partial charge in [-0.25, -0.2) is 0 Å². The fourth-order valence-corrected chi connectivity index (χ4v) is 3.50. The Morgan fingerprint density at radius 1 is 1.12 bits per heavy atom. The van der Waals surface area contributed by atoms with Crippen LogP contribution in [0.1, 0.15) is 73.1 Å². The third kappa shape index (κ3) is 5.90. The van der Waals surface area contributed by atoms with Crippen LogP contribution in [0.25, 0.3) is 0 Å². The zero-order valence-electron chi connectivity index (χ0n) is 12.6. The summed E-state index contributed by atoms with van der Waals surface area (Å²) in [7, 11) is 0. The van der Waals surface area contributed by atoms with E-state index in [0.717, 1.165) is 17.8 Å². The molecule has 0 amide bonds. The van der Waals surface area contributed by atoms with Crippen molar-refractivity contribution < 1.29 is 0 Å². The molecule has 2 atom stereocenters. The average molecular weight is 239 g/mol. The van der Waals surface area contributed by atoms with Crippen molar-refractivity contribution in [3.05, 3.63) is 0 Å². The van der Waals surface area contributed by atoms with E-state index in [9.17, 15) is 0 Å². The smallest absolute Gasteiger partial charge is 0.00697 e. The maximum absolute atomic E-state index is 6.41. The van der Waals surface area contributed by atoms with Crippen molar-refractivity contribution in [1.82, 2.24) is 0 Å². The van der Waals surface area contributed by atoms with Crippen LogP contribution in [-0.4, -0.2) is 6.04 Å². The highest BCUT2D eigenvalue weighted by atomic mass is 14.7. The van der Waals surface area contributed by atoms with Gasteiger partial charge in [-0.2, -0.15) is 0 Å². The average Bonchev–Trinajstić information content (AvgIpc) is 2.15. The number of nitrogens with two attached hydrogens (primary N) is 1. The Morgan fingerprint density at radius 3 is 2.12 bits per heavy atom. The molecule has 0 aromatic carbocycles. The molecule has 0 radical (unpaired) electrons. The molecule has 0 spiro atoms. The van der Waals surface area contributed by atoms with Crippen molar-refractivity contribution in [3.63, 3.8) is 0 Å². The Labute approximate surface area is 109 Å². The first-order chi connectivity index (χ1) is 7.78. The molecule has 0 aromatic heterocycles. The molecule has 0 aliphatic heterocycles. The predicted octanol–water partition coefficient (Wildman–Crippen LogP) is 4.60. The highest BCUT2D eigenvalue weighted by molar-refractivity contribution is 4.81. The zero-order valence-corrected chi connectivity index (χ0v) is 12.6. The van der Waals surface area contributed by atoms with Gasteiger partial charge in [-0.1, -0.05) is 47.5 Å². The SMILES string of the molecule is CC1CCC(C(N)CC(C)CC(C)(C)C)CC1. The summed E-state index contributed by atoms with van der Waals surface area (Å²) >= 11 is 0. The van der Waals surface area contributed by atoms with Gasteiger partial charge in [0.2, 0.25) is 0 Å². The molecule has 1 aliphatic rings. The summed E-state index contributed by atoms with van der Waals surface area (Å²) in [5.74, 6) is 2.50. The first kappa shape index (κ1) is 15.0. The van der Waals surface area contributed by atoms with Gasteiger partial charge < -0.3 is 5.73 Å². The van der Waals surface area contributed by atoms with E-state index in [4.69, 9.17) is 5.73 Å². The molecule has 17 heavy (non-hydrogen) atoms. The monoisotopic (exact) mass is 239 g/mol. The molecule has 102 valence electrons. The summed E-state index contributed by atoms with van der Waals surface area (Å²) in [6.07, 6.45) is 8.04. The molecule has 0 saturated heterocycles. The normalized spacial score (nSPS) is 30.0. The number of rotatable bonds is 4. The molecule has 0 bridgehead atoms. The minimum absolute atomic E-state index is 0.444. The molecule has 1 saturated carbocycles. The molecule has 0 aromatic rings. The quantitative estimate of drug-likeness (QED) is 0.762. The highest BCUT2D eigenvalue weighted by Crippen LogP contribution is 2.33. The summed E-state index contributed by atoms with van der Waals surface area (Å²) in [5.41, 5.74) is 6.86. The third-order valence-electron chi connectivity index (χ3n) is 4.30. The molecule has 1 fully saturated rings. The van der Waals surface area contributed by atoms with Gasteiger partial charge in [0.05, 0.1) is 0 Å². The van der Waals surface area contributed by atoms with Crippen molar-refractivity contribution in [1.29, 1.82) is 0 Å². The van der Waals surface area contributed by atoms with Crippen LogP contribution in [0.5, 0.6) is 0 Å². The van der Waals surface area contributed by atoms with E-state index in [-0.39, 0.29) is 0 Å². The fraction of sp³-hybridized carbons (Fsp3) is 1.00. The summed E-state index contributed by atoms with van der Waals surface area (Å²) < 4.78 is 0. The molecule has 2 unspecified atom stereocenters. The third-order valence-corrected chi connectivity index (χ3v) is 4.30. The molecule has 0 heterocycles.